The van der Waals surface area contributed by atoms with Crippen LogP contribution in [-0.4, -0.2) is 64.4 Å². The van der Waals surface area contributed by atoms with Gasteiger partial charge in [0, 0.05) is 29.3 Å². The largest absolute Gasteiger partial charge is 0.390 e. The number of amides is 2. The maximum Gasteiger partial charge on any atom is 0.261 e. The van der Waals surface area contributed by atoms with Gasteiger partial charge in [-0.15, -0.1) is 23.1 Å². The Bertz CT molecular complexity index is 1070. The molecule has 1 aromatic heterocycles. The topological polar surface area (TPSA) is 81.7 Å². The Kier molecular flexibility index (Phi) is 9.95. The summed E-state index contributed by atoms with van der Waals surface area (Å²) in [5.41, 5.74) is 0.626. The van der Waals surface area contributed by atoms with Crippen LogP contribution in [0.25, 0.3) is 0 Å². The number of fused-ring (bicyclic) bond motifs is 1. The number of carbonyl (C=O) groups is 2. The van der Waals surface area contributed by atoms with Crippen molar-refractivity contribution in [3.8, 4) is 0 Å². The number of thiophene rings is 1. The van der Waals surface area contributed by atoms with E-state index in [0.717, 1.165) is 23.4 Å². The fourth-order valence-electron chi connectivity index (χ4n) is 5.79. The molecule has 208 valence electrons. The minimum Gasteiger partial charge on any atom is -0.390 e. The Morgan fingerprint density at radius 2 is 1.84 bits per heavy atom. The van der Waals surface area contributed by atoms with E-state index in [1.807, 2.05) is 69.5 Å². The molecule has 2 fully saturated rings. The van der Waals surface area contributed by atoms with Gasteiger partial charge in [-0.25, -0.2) is 0 Å². The van der Waals surface area contributed by atoms with E-state index in [4.69, 9.17) is 0 Å². The van der Waals surface area contributed by atoms with Crippen molar-refractivity contribution in [1.29, 1.82) is 0 Å². The minimum atomic E-state index is -0.805. The second-order valence-corrected chi connectivity index (χ2v) is 14.0. The number of aliphatic hydroxyl groups is 1. The van der Waals surface area contributed by atoms with Crippen molar-refractivity contribution < 1.29 is 14.7 Å². The predicted octanol–water partition coefficient (Wildman–Crippen LogP) is 5.10. The van der Waals surface area contributed by atoms with Gasteiger partial charge >= 0.3 is 0 Å². The highest BCUT2D eigenvalue weighted by molar-refractivity contribution is 7.99. The Morgan fingerprint density at radius 1 is 1.13 bits per heavy atom. The van der Waals surface area contributed by atoms with E-state index in [-0.39, 0.29) is 23.4 Å². The second-order valence-electron chi connectivity index (χ2n) is 12.0. The van der Waals surface area contributed by atoms with Gasteiger partial charge in [-0.3, -0.25) is 14.5 Å². The van der Waals surface area contributed by atoms with Crippen LogP contribution in [0.1, 0.15) is 68.1 Å². The highest BCUT2D eigenvalue weighted by atomic mass is 32.2. The van der Waals surface area contributed by atoms with Crippen molar-refractivity contribution >= 4 is 34.9 Å². The molecule has 2 amide bonds. The summed E-state index contributed by atoms with van der Waals surface area (Å²) in [6.07, 6.45) is 4.89. The van der Waals surface area contributed by atoms with Crippen LogP contribution in [0.5, 0.6) is 0 Å². The molecular formula is C30H43N3O3S2. The first-order valence-corrected chi connectivity index (χ1v) is 15.7. The molecule has 1 aliphatic heterocycles. The Balaban J connectivity index is 1.51. The summed E-state index contributed by atoms with van der Waals surface area (Å²) in [6.45, 7) is 9.14. The molecule has 38 heavy (non-hydrogen) atoms. The molecule has 1 saturated heterocycles. The number of aliphatic hydroxyl groups excluding tert-OH is 1. The standard InChI is InChI=1S/C30H43N3O3S2/c1-20-14-15-37-27(20)29(36)31-24(19-38-23-12-6-5-7-13-23)26(34)18-33-17-22-11-9-8-10-21(22)16-25(33)28(35)32-30(2,3)4/h5-7,12-15,21-22,24-26,34H,8-11,16-19H2,1-4H3,(H,31,36)(H,32,35)/t21?,22?,24?,25-,26?/m0/s1. The van der Waals surface area contributed by atoms with E-state index < -0.39 is 12.1 Å². The average molecular weight is 558 g/mol. The molecule has 4 rings (SSSR count). The average Bonchev–Trinajstić information content (AvgIpc) is 3.31. The molecule has 1 saturated carbocycles. The normalized spacial score (nSPS) is 23.8. The van der Waals surface area contributed by atoms with Crippen LogP contribution in [-0.2, 0) is 4.79 Å². The van der Waals surface area contributed by atoms with Crippen molar-refractivity contribution in [3.63, 3.8) is 0 Å². The summed E-state index contributed by atoms with van der Waals surface area (Å²) in [7, 11) is 0. The molecule has 5 atom stereocenters. The highest BCUT2D eigenvalue weighted by Gasteiger charge is 2.41. The van der Waals surface area contributed by atoms with E-state index in [1.165, 1.54) is 37.0 Å². The van der Waals surface area contributed by atoms with Crippen LogP contribution >= 0.6 is 23.1 Å². The van der Waals surface area contributed by atoms with E-state index in [9.17, 15) is 14.7 Å². The first-order chi connectivity index (χ1) is 18.1. The van der Waals surface area contributed by atoms with Gasteiger partial charge in [0.1, 0.15) is 0 Å². The quantitative estimate of drug-likeness (QED) is 0.374. The zero-order valence-electron chi connectivity index (χ0n) is 23.1. The van der Waals surface area contributed by atoms with Crippen molar-refractivity contribution in [2.75, 3.05) is 18.8 Å². The summed E-state index contributed by atoms with van der Waals surface area (Å²) in [5, 5.41) is 19.8. The van der Waals surface area contributed by atoms with Crippen molar-refractivity contribution in [2.45, 2.75) is 88.4 Å². The first-order valence-electron chi connectivity index (χ1n) is 13.9. The van der Waals surface area contributed by atoms with Crippen LogP contribution < -0.4 is 10.6 Å². The molecule has 1 aliphatic carbocycles. The number of hydrogen-bond donors (Lipinski definition) is 3. The van der Waals surface area contributed by atoms with E-state index in [2.05, 4.69) is 15.5 Å². The van der Waals surface area contributed by atoms with Gasteiger partial charge in [0.2, 0.25) is 5.91 Å². The molecule has 0 bridgehead atoms. The molecule has 0 radical (unpaired) electrons. The van der Waals surface area contributed by atoms with Crippen LogP contribution in [0, 0.1) is 18.8 Å². The zero-order valence-corrected chi connectivity index (χ0v) is 24.7. The van der Waals surface area contributed by atoms with Crippen molar-refractivity contribution in [3.05, 3.63) is 52.2 Å². The number of piperidine rings is 1. The Hall–Kier alpha value is -1.87. The molecule has 3 N–H and O–H groups in total. The van der Waals surface area contributed by atoms with Gasteiger partial charge in [0.15, 0.2) is 0 Å². The lowest BCUT2D eigenvalue weighted by molar-refractivity contribution is -0.132. The van der Waals surface area contributed by atoms with Crippen LogP contribution in [0.15, 0.2) is 46.7 Å². The summed E-state index contributed by atoms with van der Waals surface area (Å²) < 4.78 is 0. The number of hydrogen-bond acceptors (Lipinski definition) is 6. The third-order valence-electron chi connectivity index (χ3n) is 7.75. The molecule has 8 heteroatoms. The Morgan fingerprint density at radius 3 is 2.50 bits per heavy atom. The molecular weight excluding hydrogens is 514 g/mol. The van der Waals surface area contributed by atoms with E-state index in [0.29, 0.717) is 29.0 Å². The number of thioether (sulfide) groups is 1. The fourth-order valence-corrected chi connectivity index (χ4v) is 7.64. The maximum atomic E-state index is 13.4. The predicted molar refractivity (Wildman–Crippen MR) is 157 cm³/mol. The van der Waals surface area contributed by atoms with E-state index >= 15 is 0 Å². The van der Waals surface area contributed by atoms with Crippen LogP contribution in [0.4, 0.5) is 0 Å². The molecule has 1 aromatic carbocycles. The number of nitrogens with zero attached hydrogens (tertiary/aromatic N) is 1. The lowest BCUT2D eigenvalue weighted by atomic mass is 9.72. The Labute approximate surface area is 236 Å². The molecule has 4 unspecified atom stereocenters. The molecule has 2 aromatic rings. The van der Waals surface area contributed by atoms with Gasteiger partial charge < -0.3 is 15.7 Å². The minimum absolute atomic E-state index is 0.0437. The van der Waals surface area contributed by atoms with Gasteiger partial charge in [-0.1, -0.05) is 37.5 Å². The molecule has 2 heterocycles. The monoisotopic (exact) mass is 557 g/mol. The molecule has 0 spiro atoms. The van der Waals surface area contributed by atoms with E-state index in [1.54, 1.807) is 11.8 Å². The number of likely N-dealkylation sites (tertiary alicyclic amines) is 1. The number of β-amino-alcohol motifs (C(OH)–C–C–N with tert-alkyl or cyclic N) is 1. The summed E-state index contributed by atoms with van der Waals surface area (Å²) in [6, 6.07) is 11.3. The number of benzene rings is 1. The maximum absolute atomic E-state index is 13.4. The highest BCUT2D eigenvalue weighted by Crippen LogP contribution is 2.39. The van der Waals surface area contributed by atoms with Gasteiger partial charge in [-0.2, -0.15) is 0 Å². The zero-order chi connectivity index (χ0) is 27.3. The van der Waals surface area contributed by atoms with Crippen LogP contribution in [0.3, 0.4) is 0 Å². The lowest BCUT2D eigenvalue weighted by Crippen LogP contribution is -2.60. The lowest BCUT2D eigenvalue weighted by Gasteiger charge is -2.47. The summed E-state index contributed by atoms with van der Waals surface area (Å²) in [5.74, 6) is 1.57. The number of rotatable bonds is 9. The summed E-state index contributed by atoms with van der Waals surface area (Å²) >= 11 is 3.05. The van der Waals surface area contributed by atoms with Crippen LogP contribution in [0.2, 0.25) is 0 Å². The smallest absolute Gasteiger partial charge is 0.261 e. The number of nitrogens with one attached hydrogen (secondary N) is 2. The fraction of sp³-hybridized carbons (Fsp3) is 0.600. The van der Waals surface area contributed by atoms with Gasteiger partial charge in [-0.05, 0) is 81.5 Å². The molecule has 6 nitrogen and oxygen atoms in total. The summed E-state index contributed by atoms with van der Waals surface area (Å²) in [4.78, 5) is 30.6. The van der Waals surface area contributed by atoms with Gasteiger partial charge in [0.25, 0.3) is 5.91 Å². The second kappa shape index (κ2) is 13.0. The SMILES string of the molecule is Cc1ccsc1C(=O)NC(CSc1ccccc1)C(O)CN1CC2CCCCC2C[C@H]1C(=O)NC(C)(C)C. The first kappa shape index (κ1) is 29.1. The number of carbonyl (C=O) groups excluding carboxylic acids is 2. The van der Waals surface area contributed by atoms with Crippen molar-refractivity contribution in [1.82, 2.24) is 15.5 Å². The van der Waals surface area contributed by atoms with Gasteiger partial charge in [0.05, 0.1) is 23.1 Å². The third kappa shape index (κ3) is 7.84. The van der Waals surface area contributed by atoms with Crippen molar-refractivity contribution in [2.24, 2.45) is 11.8 Å². The number of aryl methyl sites for hydroxylation is 1. The molecule has 2 aliphatic rings. The third-order valence-corrected chi connectivity index (χ3v) is 9.89.